The summed E-state index contributed by atoms with van der Waals surface area (Å²) in [5.74, 6) is 1.25. The molecule has 0 aliphatic carbocycles. The normalized spacial score (nSPS) is 19.6. The number of benzene rings is 1. The van der Waals surface area contributed by atoms with Gasteiger partial charge in [0, 0.05) is 11.6 Å². The summed E-state index contributed by atoms with van der Waals surface area (Å²) >= 11 is 0. The zero-order valence-electron chi connectivity index (χ0n) is 11.6. The van der Waals surface area contributed by atoms with E-state index in [-0.39, 0.29) is 12.6 Å². The van der Waals surface area contributed by atoms with Gasteiger partial charge in [-0.15, -0.1) is 0 Å². The first-order valence-corrected chi connectivity index (χ1v) is 7.01. The monoisotopic (exact) mass is 273 g/mol. The molecule has 1 saturated heterocycles. The van der Waals surface area contributed by atoms with Crippen LogP contribution >= 0.6 is 0 Å². The number of hydrogen-bond acceptors (Lipinski definition) is 5. The zero-order valence-corrected chi connectivity index (χ0v) is 11.6. The summed E-state index contributed by atoms with van der Waals surface area (Å²) in [7, 11) is 0. The van der Waals surface area contributed by atoms with Gasteiger partial charge in [-0.3, -0.25) is 4.90 Å². The van der Waals surface area contributed by atoms with Crippen molar-refractivity contribution in [3.05, 3.63) is 35.7 Å². The third-order valence-corrected chi connectivity index (χ3v) is 3.90. The Kier molecular flexibility index (Phi) is 3.80. The number of nitrogens with zero attached hydrogens (tertiary/aromatic N) is 3. The molecule has 1 aromatic heterocycles. The lowest BCUT2D eigenvalue weighted by Crippen LogP contribution is -2.31. The third kappa shape index (κ3) is 2.59. The van der Waals surface area contributed by atoms with E-state index in [1.807, 2.05) is 31.2 Å². The number of aliphatic hydroxyl groups is 1. The van der Waals surface area contributed by atoms with E-state index in [2.05, 4.69) is 15.0 Å². The summed E-state index contributed by atoms with van der Waals surface area (Å²) in [5, 5.41) is 13.4. The molecule has 5 heteroatoms. The Labute approximate surface area is 118 Å². The topological polar surface area (TPSA) is 62.4 Å². The van der Waals surface area contributed by atoms with E-state index >= 15 is 0 Å². The highest BCUT2D eigenvalue weighted by Crippen LogP contribution is 2.22. The van der Waals surface area contributed by atoms with Gasteiger partial charge in [-0.25, -0.2) is 0 Å². The summed E-state index contributed by atoms with van der Waals surface area (Å²) in [6.07, 6.45) is 2.15. The molecule has 5 nitrogen and oxygen atoms in total. The van der Waals surface area contributed by atoms with Crippen LogP contribution in [0.4, 0.5) is 0 Å². The molecule has 0 saturated carbocycles. The van der Waals surface area contributed by atoms with E-state index in [1.165, 1.54) is 0 Å². The van der Waals surface area contributed by atoms with Crippen LogP contribution in [0.5, 0.6) is 0 Å². The van der Waals surface area contributed by atoms with Gasteiger partial charge >= 0.3 is 0 Å². The summed E-state index contributed by atoms with van der Waals surface area (Å²) in [6, 6.07) is 8.23. The molecule has 1 aromatic carbocycles. The van der Waals surface area contributed by atoms with Crippen LogP contribution in [0.25, 0.3) is 11.4 Å². The minimum Gasteiger partial charge on any atom is -0.395 e. The van der Waals surface area contributed by atoms with Gasteiger partial charge in [0.05, 0.1) is 13.2 Å². The van der Waals surface area contributed by atoms with Crippen LogP contribution in [-0.2, 0) is 6.54 Å². The molecule has 1 fully saturated rings. The standard InChI is InChI=1S/C15H19N3O2/c1-11-5-2-3-7-13(11)15-16-14(20-17-15)9-18-8-4-6-12(18)10-19/h2-3,5,7,12,19H,4,6,8-10H2,1H3/t12-/m0/s1. The van der Waals surface area contributed by atoms with Crippen LogP contribution in [0.1, 0.15) is 24.3 Å². The molecular weight excluding hydrogens is 254 g/mol. The van der Waals surface area contributed by atoms with Gasteiger partial charge in [-0.05, 0) is 31.9 Å². The lowest BCUT2D eigenvalue weighted by Gasteiger charge is -2.20. The Bertz CT molecular complexity index is 582. The lowest BCUT2D eigenvalue weighted by molar-refractivity contribution is 0.141. The minimum absolute atomic E-state index is 0.193. The van der Waals surface area contributed by atoms with Crippen molar-refractivity contribution >= 4 is 0 Å². The number of aromatic nitrogens is 2. The maximum absolute atomic E-state index is 9.33. The van der Waals surface area contributed by atoms with Crippen molar-refractivity contribution in [2.75, 3.05) is 13.2 Å². The molecule has 0 bridgehead atoms. The highest BCUT2D eigenvalue weighted by molar-refractivity contribution is 5.58. The maximum atomic E-state index is 9.33. The number of rotatable bonds is 4. The van der Waals surface area contributed by atoms with E-state index < -0.39 is 0 Å². The Hall–Kier alpha value is -1.72. The predicted octanol–water partition coefficient (Wildman–Crippen LogP) is 2.00. The molecule has 0 unspecified atom stereocenters. The molecule has 2 aromatic rings. The van der Waals surface area contributed by atoms with E-state index in [4.69, 9.17) is 4.52 Å². The van der Waals surface area contributed by atoms with Crippen LogP contribution in [0.3, 0.4) is 0 Å². The maximum Gasteiger partial charge on any atom is 0.241 e. The second-order valence-corrected chi connectivity index (χ2v) is 5.28. The zero-order chi connectivity index (χ0) is 13.9. The fraction of sp³-hybridized carbons (Fsp3) is 0.467. The molecule has 1 N–H and O–H groups in total. The average Bonchev–Trinajstić information content (AvgIpc) is 3.09. The molecule has 1 atom stereocenters. The van der Waals surface area contributed by atoms with Gasteiger partial charge in [0.15, 0.2) is 0 Å². The Balaban J connectivity index is 1.76. The fourth-order valence-corrected chi connectivity index (χ4v) is 2.74. The van der Waals surface area contributed by atoms with Gasteiger partial charge in [0.2, 0.25) is 11.7 Å². The van der Waals surface area contributed by atoms with Crippen molar-refractivity contribution in [3.63, 3.8) is 0 Å². The number of aryl methyl sites for hydroxylation is 1. The molecule has 106 valence electrons. The average molecular weight is 273 g/mol. The molecule has 0 spiro atoms. The summed E-state index contributed by atoms with van der Waals surface area (Å²) in [6.45, 7) is 3.82. The quantitative estimate of drug-likeness (QED) is 0.923. The van der Waals surface area contributed by atoms with E-state index in [0.717, 1.165) is 30.5 Å². The third-order valence-electron chi connectivity index (χ3n) is 3.90. The van der Waals surface area contributed by atoms with Gasteiger partial charge in [0.1, 0.15) is 0 Å². The first-order valence-electron chi connectivity index (χ1n) is 7.01. The number of hydrogen-bond donors (Lipinski definition) is 1. The van der Waals surface area contributed by atoms with Gasteiger partial charge < -0.3 is 9.63 Å². The van der Waals surface area contributed by atoms with Gasteiger partial charge in [0.25, 0.3) is 0 Å². The van der Waals surface area contributed by atoms with E-state index in [9.17, 15) is 5.11 Å². The summed E-state index contributed by atoms with van der Waals surface area (Å²) in [5.41, 5.74) is 2.14. The molecular formula is C15H19N3O2. The Morgan fingerprint density at radius 2 is 2.25 bits per heavy atom. The molecule has 0 amide bonds. The smallest absolute Gasteiger partial charge is 0.241 e. The fourth-order valence-electron chi connectivity index (χ4n) is 2.74. The Morgan fingerprint density at radius 1 is 1.40 bits per heavy atom. The van der Waals surface area contributed by atoms with Gasteiger partial charge in [-0.1, -0.05) is 29.4 Å². The molecule has 1 aliphatic rings. The van der Waals surface area contributed by atoms with Crippen LogP contribution in [0.2, 0.25) is 0 Å². The van der Waals surface area contributed by atoms with Crippen LogP contribution < -0.4 is 0 Å². The van der Waals surface area contributed by atoms with Crippen molar-refractivity contribution in [2.45, 2.75) is 32.4 Å². The SMILES string of the molecule is Cc1ccccc1-c1noc(CN2CCC[C@H]2CO)n1. The van der Waals surface area contributed by atoms with Crippen LogP contribution in [0.15, 0.2) is 28.8 Å². The van der Waals surface area contributed by atoms with Crippen molar-refractivity contribution < 1.29 is 9.63 Å². The van der Waals surface area contributed by atoms with Crippen LogP contribution in [-0.4, -0.2) is 39.3 Å². The van der Waals surface area contributed by atoms with E-state index in [1.54, 1.807) is 0 Å². The molecule has 2 heterocycles. The molecule has 20 heavy (non-hydrogen) atoms. The number of aliphatic hydroxyl groups excluding tert-OH is 1. The largest absolute Gasteiger partial charge is 0.395 e. The van der Waals surface area contributed by atoms with Crippen molar-refractivity contribution in [3.8, 4) is 11.4 Å². The van der Waals surface area contributed by atoms with Crippen molar-refractivity contribution in [1.82, 2.24) is 15.0 Å². The Morgan fingerprint density at radius 3 is 3.05 bits per heavy atom. The van der Waals surface area contributed by atoms with E-state index in [0.29, 0.717) is 18.3 Å². The van der Waals surface area contributed by atoms with Crippen molar-refractivity contribution in [1.29, 1.82) is 0 Å². The first-order chi connectivity index (χ1) is 9.78. The highest BCUT2D eigenvalue weighted by Gasteiger charge is 2.25. The van der Waals surface area contributed by atoms with Crippen molar-refractivity contribution in [2.24, 2.45) is 0 Å². The second kappa shape index (κ2) is 5.73. The predicted molar refractivity (Wildman–Crippen MR) is 75.0 cm³/mol. The summed E-state index contributed by atoms with van der Waals surface area (Å²) in [4.78, 5) is 6.68. The summed E-state index contributed by atoms with van der Waals surface area (Å²) < 4.78 is 5.34. The lowest BCUT2D eigenvalue weighted by atomic mass is 10.1. The molecule has 3 rings (SSSR count). The number of likely N-dealkylation sites (tertiary alicyclic amines) is 1. The van der Waals surface area contributed by atoms with Crippen LogP contribution in [0, 0.1) is 6.92 Å². The second-order valence-electron chi connectivity index (χ2n) is 5.28. The highest BCUT2D eigenvalue weighted by atomic mass is 16.5. The molecule has 0 radical (unpaired) electrons. The minimum atomic E-state index is 0.193. The molecule has 1 aliphatic heterocycles. The van der Waals surface area contributed by atoms with Gasteiger partial charge in [-0.2, -0.15) is 4.98 Å². The first kappa shape index (κ1) is 13.3.